The van der Waals surface area contributed by atoms with E-state index in [0.29, 0.717) is 12.8 Å². The molecule has 1 atom stereocenters. The van der Waals surface area contributed by atoms with Crippen LogP contribution in [0.1, 0.15) is 19.3 Å². The molecule has 0 fully saturated rings. The van der Waals surface area contributed by atoms with Crippen molar-refractivity contribution in [1.29, 1.82) is 0 Å². The molecular weight excluding hydrogens is 240 g/mol. The number of nitrogens with zero attached hydrogens (tertiary/aromatic N) is 1. The van der Waals surface area contributed by atoms with Gasteiger partial charge in [0.15, 0.2) is 0 Å². The van der Waals surface area contributed by atoms with E-state index in [-0.39, 0.29) is 11.9 Å². The summed E-state index contributed by atoms with van der Waals surface area (Å²) in [6.45, 7) is 0. The van der Waals surface area contributed by atoms with Crippen LogP contribution < -0.4 is 5.73 Å². The van der Waals surface area contributed by atoms with Gasteiger partial charge in [0.05, 0.1) is 7.11 Å². The van der Waals surface area contributed by atoms with Crippen LogP contribution in [-0.2, 0) is 14.3 Å². The number of hydrogen-bond acceptors (Lipinski definition) is 5. The first kappa shape index (κ1) is 16.2. The van der Waals surface area contributed by atoms with Crippen molar-refractivity contribution in [3.05, 3.63) is 0 Å². The number of methoxy groups -OCH3 is 1. The molecule has 5 nitrogen and oxygen atoms in total. The minimum absolute atomic E-state index is 0.150. The summed E-state index contributed by atoms with van der Waals surface area (Å²) in [4.78, 5) is 23.8. The Balaban J connectivity index is 3.41. The van der Waals surface area contributed by atoms with Gasteiger partial charge in [-0.15, -0.1) is 0 Å². The van der Waals surface area contributed by atoms with Crippen LogP contribution in [0.5, 0.6) is 0 Å². The second-order valence-electron chi connectivity index (χ2n) is 3.92. The zero-order valence-corrected chi connectivity index (χ0v) is 11.6. The van der Waals surface area contributed by atoms with Gasteiger partial charge in [-0.2, -0.15) is 11.8 Å². The molecule has 0 bridgehead atoms. The van der Waals surface area contributed by atoms with E-state index >= 15 is 0 Å². The van der Waals surface area contributed by atoms with Crippen molar-refractivity contribution in [2.24, 2.45) is 5.73 Å². The van der Waals surface area contributed by atoms with Crippen LogP contribution in [0.2, 0.25) is 0 Å². The molecule has 2 N–H and O–H groups in total. The molecule has 100 valence electrons. The van der Waals surface area contributed by atoms with E-state index in [4.69, 9.17) is 5.73 Å². The molecule has 17 heavy (non-hydrogen) atoms. The third kappa shape index (κ3) is 8.04. The largest absolute Gasteiger partial charge is 0.468 e. The lowest BCUT2D eigenvalue weighted by molar-refractivity contribution is -0.142. The number of thioether (sulfide) groups is 1. The lowest BCUT2D eigenvalue weighted by Crippen LogP contribution is -2.32. The minimum atomic E-state index is -0.532. The molecule has 0 aliphatic carbocycles. The first-order chi connectivity index (χ1) is 7.99. The third-order valence-electron chi connectivity index (χ3n) is 2.26. The highest BCUT2D eigenvalue weighted by Crippen LogP contribution is 2.08. The number of ether oxygens (including phenoxy) is 1. The maximum absolute atomic E-state index is 11.2. The Kier molecular flexibility index (Phi) is 8.89. The van der Waals surface area contributed by atoms with Gasteiger partial charge in [-0.1, -0.05) is 0 Å². The van der Waals surface area contributed by atoms with Gasteiger partial charge in [-0.05, 0) is 24.3 Å². The van der Waals surface area contributed by atoms with Crippen molar-refractivity contribution < 1.29 is 14.3 Å². The Morgan fingerprint density at radius 1 is 1.35 bits per heavy atom. The highest BCUT2D eigenvalue weighted by Gasteiger charge is 2.12. The second-order valence-corrected chi connectivity index (χ2v) is 5.15. The van der Waals surface area contributed by atoms with Gasteiger partial charge in [0.1, 0.15) is 6.04 Å². The summed E-state index contributed by atoms with van der Waals surface area (Å²) in [5, 5.41) is 0. The quantitative estimate of drug-likeness (QED) is 0.509. The van der Waals surface area contributed by atoms with Gasteiger partial charge < -0.3 is 15.4 Å². The molecule has 0 aromatic heterocycles. The molecule has 0 aliphatic heterocycles. The Hall–Kier alpha value is -0.750. The molecule has 0 saturated heterocycles. The van der Waals surface area contributed by atoms with E-state index in [2.05, 4.69) is 4.74 Å². The van der Waals surface area contributed by atoms with Crippen LogP contribution in [-0.4, -0.2) is 55.5 Å². The second kappa shape index (κ2) is 9.30. The van der Waals surface area contributed by atoms with Crippen LogP contribution in [0.3, 0.4) is 0 Å². The van der Waals surface area contributed by atoms with E-state index in [1.165, 1.54) is 7.11 Å². The predicted octanol–water partition coefficient (Wildman–Crippen LogP) is 0.478. The normalized spacial score (nSPS) is 12.0. The number of carbonyl (C=O) groups is 2. The highest BCUT2D eigenvalue weighted by atomic mass is 32.2. The van der Waals surface area contributed by atoms with Crippen LogP contribution in [0.15, 0.2) is 0 Å². The number of nitrogens with two attached hydrogens (primary N) is 1. The fraction of sp³-hybridized carbons (Fsp3) is 0.818. The van der Waals surface area contributed by atoms with Crippen LogP contribution >= 0.6 is 11.8 Å². The van der Waals surface area contributed by atoms with Crippen molar-refractivity contribution in [3.63, 3.8) is 0 Å². The molecule has 0 saturated carbocycles. The Bertz CT molecular complexity index is 247. The summed E-state index contributed by atoms with van der Waals surface area (Å²) in [5.74, 6) is 1.50. The van der Waals surface area contributed by atoms with Crippen molar-refractivity contribution in [2.45, 2.75) is 25.3 Å². The molecule has 1 amide bonds. The van der Waals surface area contributed by atoms with Gasteiger partial charge >= 0.3 is 5.97 Å². The van der Waals surface area contributed by atoms with Gasteiger partial charge in [-0.3, -0.25) is 9.59 Å². The average molecular weight is 262 g/mol. The monoisotopic (exact) mass is 262 g/mol. The van der Waals surface area contributed by atoms with E-state index in [1.54, 1.807) is 30.8 Å². The van der Waals surface area contributed by atoms with Crippen LogP contribution in [0.4, 0.5) is 0 Å². The van der Waals surface area contributed by atoms with Gasteiger partial charge in [-0.25, -0.2) is 0 Å². The highest BCUT2D eigenvalue weighted by molar-refractivity contribution is 7.99. The summed E-state index contributed by atoms with van der Waals surface area (Å²) in [7, 11) is 4.85. The molecule has 0 heterocycles. The Labute approximate surface area is 107 Å². The van der Waals surface area contributed by atoms with Crippen molar-refractivity contribution >= 4 is 23.6 Å². The first-order valence-electron chi connectivity index (χ1n) is 5.60. The predicted molar refractivity (Wildman–Crippen MR) is 69.9 cm³/mol. The number of carbonyl (C=O) groups excluding carboxylic acids is 2. The summed E-state index contributed by atoms with van der Waals surface area (Å²) in [6, 6.07) is -0.532. The third-order valence-corrected chi connectivity index (χ3v) is 3.36. The Morgan fingerprint density at radius 3 is 2.53 bits per heavy atom. The smallest absolute Gasteiger partial charge is 0.322 e. The summed E-state index contributed by atoms with van der Waals surface area (Å²) >= 11 is 1.70. The minimum Gasteiger partial charge on any atom is -0.468 e. The molecule has 0 aromatic carbocycles. The number of esters is 1. The lowest BCUT2D eigenvalue weighted by atomic mass is 10.2. The zero-order valence-electron chi connectivity index (χ0n) is 10.8. The number of hydrogen-bond donors (Lipinski definition) is 1. The lowest BCUT2D eigenvalue weighted by Gasteiger charge is -2.10. The van der Waals surface area contributed by atoms with Crippen molar-refractivity contribution in [2.75, 3.05) is 32.7 Å². The molecule has 1 unspecified atom stereocenters. The maximum atomic E-state index is 11.2. The Morgan fingerprint density at radius 2 is 2.00 bits per heavy atom. The molecule has 0 aromatic rings. The van der Waals surface area contributed by atoms with Gasteiger partial charge in [0.25, 0.3) is 0 Å². The molecular formula is C11H22N2O3S. The van der Waals surface area contributed by atoms with Crippen LogP contribution in [0.25, 0.3) is 0 Å². The fourth-order valence-electron chi connectivity index (χ4n) is 1.13. The maximum Gasteiger partial charge on any atom is 0.322 e. The molecule has 0 radical (unpaired) electrons. The number of rotatable bonds is 8. The standard InChI is InChI=1S/C11H22N2O3S/c1-13(2)10(14)5-4-7-17-8-6-9(12)11(15)16-3/h9H,4-8,12H2,1-3H3. The zero-order chi connectivity index (χ0) is 13.3. The molecule has 0 spiro atoms. The van der Waals surface area contributed by atoms with Crippen molar-refractivity contribution in [3.8, 4) is 0 Å². The van der Waals surface area contributed by atoms with Crippen LogP contribution in [0, 0.1) is 0 Å². The summed E-state index contributed by atoms with van der Waals surface area (Å²) < 4.78 is 4.52. The summed E-state index contributed by atoms with van der Waals surface area (Å²) in [5.41, 5.74) is 5.58. The molecule has 0 rings (SSSR count). The molecule has 0 aliphatic rings. The van der Waals surface area contributed by atoms with Crippen molar-refractivity contribution in [1.82, 2.24) is 4.90 Å². The van der Waals surface area contributed by atoms with E-state index in [0.717, 1.165) is 17.9 Å². The molecule has 6 heteroatoms. The number of amides is 1. The SMILES string of the molecule is COC(=O)C(N)CCSCCCC(=O)N(C)C. The fourth-order valence-corrected chi connectivity index (χ4v) is 2.10. The van der Waals surface area contributed by atoms with E-state index < -0.39 is 6.04 Å². The topological polar surface area (TPSA) is 72.6 Å². The first-order valence-corrected chi connectivity index (χ1v) is 6.75. The summed E-state index contributed by atoms with van der Waals surface area (Å²) in [6.07, 6.45) is 2.04. The van der Waals surface area contributed by atoms with Gasteiger partial charge in [0, 0.05) is 20.5 Å². The van der Waals surface area contributed by atoms with E-state index in [1.807, 2.05) is 0 Å². The van der Waals surface area contributed by atoms with Gasteiger partial charge in [0.2, 0.25) is 5.91 Å². The average Bonchev–Trinajstić information content (AvgIpc) is 2.31. The van der Waals surface area contributed by atoms with E-state index in [9.17, 15) is 9.59 Å².